The molecule has 0 bridgehead atoms. The molecule has 0 fully saturated rings. The highest BCUT2D eigenvalue weighted by molar-refractivity contribution is 7.89. The van der Waals surface area contributed by atoms with E-state index in [9.17, 15) is 8.42 Å². The zero-order valence-corrected chi connectivity index (χ0v) is 15.2. The number of nitrogens with two attached hydrogens (primary N) is 1. The molecular formula is C16H24ClN3O2S. The number of sulfonamides is 1. The van der Waals surface area contributed by atoms with Crippen LogP contribution in [0.2, 0.25) is 0 Å². The van der Waals surface area contributed by atoms with Crippen LogP contribution < -0.4 is 10.5 Å². The van der Waals surface area contributed by atoms with Gasteiger partial charge >= 0.3 is 0 Å². The highest BCUT2D eigenvalue weighted by Gasteiger charge is 2.31. The summed E-state index contributed by atoms with van der Waals surface area (Å²) in [6, 6.07) is 8.77. The molecule has 2 rings (SSSR count). The maximum Gasteiger partial charge on any atom is 0.243 e. The normalized spacial score (nSPS) is 14.5. The van der Waals surface area contributed by atoms with Crippen molar-refractivity contribution in [3.63, 3.8) is 0 Å². The monoisotopic (exact) mass is 357 g/mol. The quantitative estimate of drug-likeness (QED) is 0.832. The van der Waals surface area contributed by atoms with Crippen LogP contribution in [-0.4, -0.2) is 25.5 Å². The lowest BCUT2D eigenvalue weighted by Gasteiger charge is -2.30. The lowest BCUT2D eigenvalue weighted by molar-refractivity contribution is 0.344. The van der Waals surface area contributed by atoms with Crippen molar-refractivity contribution in [2.75, 3.05) is 6.54 Å². The van der Waals surface area contributed by atoms with Gasteiger partial charge in [-0.05, 0) is 31.4 Å². The van der Waals surface area contributed by atoms with Crippen molar-refractivity contribution in [3.8, 4) is 0 Å². The lowest BCUT2D eigenvalue weighted by Crippen LogP contribution is -2.52. The van der Waals surface area contributed by atoms with Gasteiger partial charge in [0.1, 0.15) is 4.90 Å². The Kier molecular flexibility index (Phi) is 6.53. The summed E-state index contributed by atoms with van der Waals surface area (Å²) in [4.78, 5) is 4.40. The van der Waals surface area contributed by atoms with Crippen LogP contribution >= 0.6 is 12.4 Å². The van der Waals surface area contributed by atoms with Gasteiger partial charge in [0, 0.05) is 23.7 Å². The fourth-order valence-electron chi connectivity index (χ4n) is 2.74. The van der Waals surface area contributed by atoms with Crippen LogP contribution in [0.4, 0.5) is 0 Å². The summed E-state index contributed by atoms with van der Waals surface area (Å²) in [6.45, 7) is 6.16. The molecule has 7 heteroatoms. The van der Waals surface area contributed by atoms with E-state index in [0.717, 1.165) is 5.39 Å². The molecule has 0 aliphatic rings. The van der Waals surface area contributed by atoms with Crippen LogP contribution in [0.3, 0.4) is 0 Å². The average Bonchev–Trinajstić information content (AvgIpc) is 2.45. The first-order valence-electron chi connectivity index (χ1n) is 7.35. The SMILES string of the molecule is CC(C)CC(C)(CN)NS(=O)(=O)c1cccc2cccnc12.Cl. The standard InChI is InChI=1S/C16H23N3O2S.ClH/c1-12(2)10-16(3,11-17)19-22(20,21)14-8-4-6-13-7-5-9-18-15(13)14;/h4-9,12,19H,10-11,17H2,1-3H3;1H. The van der Waals surface area contributed by atoms with Crippen LogP contribution in [0.25, 0.3) is 10.9 Å². The number of halogens is 1. The molecule has 1 aromatic carbocycles. The third-order valence-electron chi connectivity index (χ3n) is 3.58. The number of hydrogen-bond acceptors (Lipinski definition) is 4. The minimum atomic E-state index is -3.69. The second kappa shape index (κ2) is 7.57. The van der Waals surface area contributed by atoms with E-state index in [-0.39, 0.29) is 23.8 Å². The Morgan fingerprint density at radius 1 is 1.26 bits per heavy atom. The van der Waals surface area contributed by atoms with E-state index in [1.165, 1.54) is 0 Å². The van der Waals surface area contributed by atoms with Gasteiger partial charge in [-0.2, -0.15) is 0 Å². The predicted octanol–water partition coefficient (Wildman–Crippen LogP) is 2.70. The molecule has 0 saturated heterocycles. The molecule has 128 valence electrons. The summed E-state index contributed by atoms with van der Waals surface area (Å²) in [5, 5.41) is 0.795. The summed E-state index contributed by atoms with van der Waals surface area (Å²) in [6.07, 6.45) is 2.26. The van der Waals surface area contributed by atoms with Gasteiger partial charge in [0.25, 0.3) is 0 Å². The second-order valence-corrected chi connectivity index (χ2v) is 7.95. The van der Waals surface area contributed by atoms with Gasteiger partial charge in [0.15, 0.2) is 0 Å². The minimum Gasteiger partial charge on any atom is -0.329 e. The maximum absolute atomic E-state index is 12.8. The zero-order chi connectivity index (χ0) is 16.4. The average molecular weight is 358 g/mol. The fraction of sp³-hybridized carbons (Fsp3) is 0.438. The molecule has 0 saturated carbocycles. The Morgan fingerprint density at radius 3 is 2.52 bits per heavy atom. The Morgan fingerprint density at radius 2 is 1.91 bits per heavy atom. The number of nitrogens with one attached hydrogen (secondary N) is 1. The second-order valence-electron chi connectivity index (χ2n) is 6.30. The van der Waals surface area contributed by atoms with Gasteiger partial charge < -0.3 is 5.73 Å². The van der Waals surface area contributed by atoms with Crippen molar-refractivity contribution in [1.29, 1.82) is 0 Å². The molecule has 1 unspecified atom stereocenters. The molecule has 0 amide bonds. The summed E-state index contributed by atoms with van der Waals surface area (Å²) >= 11 is 0. The van der Waals surface area contributed by atoms with E-state index in [1.807, 2.05) is 32.9 Å². The van der Waals surface area contributed by atoms with Crippen LogP contribution in [-0.2, 0) is 10.0 Å². The molecule has 0 spiro atoms. The molecule has 3 N–H and O–H groups in total. The number of fused-ring (bicyclic) bond motifs is 1. The van der Waals surface area contributed by atoms with E-state index in [2.05, 4.69) is 9.71 Å². The van der Waals surface area contributed by atoms with Gasteiger partial charge in [-0.15, -0.1) is 12.4 Å². The molecule has 2 aromatic rings. The van der Waals surface area contributed by atoms with Crippen LogP contribution in [0.15, 0.2) is 41.4 Å². The molecular weight excluding hydrogens is 334 g/mol. The lowest BCUT2D eigenvalue weighted by atomic mass is 9.92. The third-order valence-corrected chi connectivity index (χ3v) is 5.25. The molecule has 5 nitrogen and oxygen atoms in total. The highest BCUT2D eigenvalue weighted by atomic mass is 35.5. The topological polar surface area (TPSA) is 85.1 Å². The number of benzene rings is 1. The number of para-hydroxylation sites is 1. The van der Waals surface area contributed by atoms with Gasteiger partial charge in [0.05, 0.1) is 5.52 Å². The van der Waals surface area contributed by atoms with E-state index in [1.54, 1.807) is 24.4 Å². The number of pyridine rings is 1. The first-order valence-corrected chi connectivity index (χ1v) is 8.83. The first-order chi connectivity index (χ1) is 10.3. The Labute approximate surface area is 144 Å². The molecule has 1 aromatic heterocycles. The fourth-order valence-corrected chi connectivity index (χ4v) is 4.35. The predicted molar refractivity (Wildman–Crippen MR) is 96.2 cm³/mol. The van der Waals surface area contributed by atoms with Gasteiger partial charge in [0.2, 0.25) is 10.0 Å². The number of aromatic nitrogens is 1. The van der Waals surface area contributed by atoms with Crippen molar-refractivity contribution in [2.45, 2.75) is 37.6 Å². The summed E-state index contributed by atoms with van der Waals surface area (Å²) < 4.78 is 28.4. The Balaban J connectivity index is 0.00000264. The van der Waals surface area contributed by atoms with Crippen molar-refractivity contribution in [2.24, 2.45) is 11.7 Å². The molecule has 0 aliphatic carbocycles. The van der Waals surface area contributed by atoms with Gasteiger partial charge in [-0.1, -0.05) is 32.0 Å². The van der Waals surface area contributed by atoms with Crippen molar-refractivity contribution in [1.82, 2.24) is 9.71 Å². The molecule has 1 atom stereocenters. The maximum atomic E-state index is 12.8. The first kappa shape index (κ1) is 19.8. The summed E-state index contributed by atoms with van der Waals surface area (Å²) in [5.41, 5.74) is 5.61. The third kappa shape index (κ3) is 4.64. The van der Waals surface area contributed by atoms with Gasteiger partial charge in [-0.3, -0.25) is 4.98 Å². The molecule has 0 radical (unpaired) electrons. The van der Waals surface area contributed by atoms with E-state index < -0.39 is 15.6 Å². The van der Waals surface area contributed by atoms with Crippen molar-refractivity contribution >= 4 is 33.3 Å². The van der Waals surface area contributed by atoms with E-state index in [0.29, 0.717) is 17.9 Å². The van der Waals surface area contributed by atoms with Crippen LogP contribution in [0.1, 0.15) is 27.2 Å². The van der Waals surface area contributed by atoms with E-state index in [4.69, 9.17) is 5.73 Å². The Hall–Kier alpha value is -1.21. The largest absolute Gasteiger partial charge is 0.329 e. The highest BCUT2D eigenvalue weighted by Crippen LogP contribution is 2.24. The molecule has 23 heavy (non-hydrogen) atoms. The smallest absolute Gasteiger partial charge is 0.243 e. The molecule has 0 aliphatic heterocycles. The number of rotatable bonds is 6. The van der Waals surface area contributed by atoms with Crippen molar-refractivity contribution in [3.05, 3.63) is 36.5 Å². The summed E-state index contributed by atoms with van der Waals surface area (Å²) in [5.74, 6) is 0.335. The Bertz CT molecular complexity index is 760. The van der Waals surface area contributed by atoms with Crippen LogP contribution in [0.5, 0.6) is 0 Å². The number of hydrogen-bond donors (Lipinski definition) is 2. The van der Waals surface area contributed by atoms with E-state index >= 15 is 0 Å². The number of nitrogens with zero attached hydrogens (tertiary/aromatic N) is 1. The van der Waals surface area contributed by atoms with Gasteiger partial charge in [-0.25, -0.2) is 13.1 Å². The summed E-state index contributed by atoms with van der Waals surface area (Å²) in [7, 11) is -3.69. The minimum absolute atomic E-state index is 0. The zero-order valence-electron chi connectivity index (χ0n) is 13.6. The molecule has 1 heterocycles. The van der Waals surface area contributed by atoms with Crippen molar-refractivity contribution < 1.29 is 8.42 Å². The van der Waals surface area contributed by atoms with Crippen LogP contribution in [0, 0.1) is 5.92 Å².